The maximum atomic E-state index is 11.9. The molecular formula is C15H22O5S. The number of hydrogen-bond donors (Lipinski definition) is 0. The Hall–Kier alpha value is -1.40. The second kappa shape index (κ2) is 7.04. The van der Waals surface area contributed by atoms with E-state index in [0.29, 0.717) is 6.42 Å². The summed E-state index contributed by atoms with van der Waals surface area (Å²) in [6.07, 6.45) is 0.417. The van der Waals surface area contributed by atoms with E-state index in [0.717, 1.165) is 5.56 Å². The molecule has 0 bridgehead atoms. The molecule has 0 saturated carbocycles. The molecule has 0 amide bonds. The van der Waals surface area contributed by atoms with Gasteiger partial charge in [0.05, 0.1) is 11.5 Å². The minimum Gasteiger partial charge on any atom is -0.460 e. The second-order valence-electron chi connectivity index (χ2n) is 5.78. The molecule has 5 nitrogen and oxygen atoms in total. The van der Waals surface area contributed by atoms with Crippen molar-refractivity contribution in [3.63, 3.8) is 0 Å². The highest BCUT2D eigenvalue weighted by molar-refractivity contribution is 7.86. The van der Waals surface area contributed by atoms with Crippen molar-refractivity contribution < 1.29 is 22.1 Å². The molecule has 6 heteroatoms. The summed E-state index contributed by atoms with van der Waals surface area (Å²) in [4.78, 5) is 11.6. The first kappa shape index (κ1) is 17.7. The molecule has 0 aliphatic carbocycles. The topological polar surface area (TPSA) is 69.7 Å². The average Bonchev–Trinajstić information content (AvgIpc) is 2.33. The first-order chi connectivity index (χ1) is 9.60. The van der Waals surface area contributed by atoms with Gasteiger partial charge in [0.25, 0.3) is 10.1 Å². The number of esters is 1. The van der Waals surface area contributed by atoms with Gasteiger partial charge in [-0.1, -0.05) is 17.7 Å². The molecule has 0 saturated heterocycles. The van der Waals surface area contributed by atoms with E-state index in [1.165, 1.54) is 12.1 Å². The van der Waals surface area contributed by atoms with Crippen molar-refractivity contribution in [2.75, 3.05) is 6.61 Å². The monoisotopic (exact) mass is 314 g/mol. The number of carbonyl (C=O) groups is 1. The number of ether oxygens (including phenoxy) is 1. The van der Waals surface area contributed by atoms with E-state index in [4.69, 9.17) is 8.92 Å². The molecule has 0 atom stereocenters. The van der Waals surface area contributed by atoms with E-state index in [9.17, 15) is 13.2 Å². The maximum Gasteiger partial charge on any atom is 0.306 e. The van der Waals surface area contributed by atoms with E-state index >= 15 is 0 Å². The predicted octanol–water partition coefficient (Wildman–Crippen LogP) is 2.82. The molecule has 118 valence electrons. The van der Waals surface area contributed by atoms with Crippen LogP contribution in [-0.2, 0) is 23.8 Å². The van der Waals surface area contributed by atoms with Gasteiger partial charge >= 0.3 is 5.97 Å². The molecule has 0 aliphatic rings. The van der Waals surface area contributed by atoms with Crippen LogP contribution < -0.4 is 0 Å². The van der Waals surface area contributed by atoms with Crippen molar-refractivity contribution in [1.29, 1.82) is 0 Å². The van der Waals surface area contributed by atoms with Crippen LogP contribution in [0.1, 0.15) is 39.2 Å². The molecule has 1 aromatic rings. The molecule has 0 radical (unpaired) electrons. The first-order valence-electron chi connectivity index (χ1n) is 6.78. The third kappa shape index (κ3) is 6.73. The summed E-state index contributed by atoms with van der Waals surface area (Å²) < 4.78 is 33.8. The molecule has 0 N–H and O–H groups in total. The molecule has 0 spiro atoms. The molecule has 1 rings (SSSR count). The van der Waals surface area contributed by atoms with E-state index in [1.807, 2.05) is 6.92 Å². The van der Waals surface area contributed by atoms with Crippen LogP contribution in [0.2, 0.25) is 0 Å². The van der Waals surface area contributed by atoms with Crippen molar-refractivity contribution in [1.82, 2.24) is 0 Å². The second-order valence-corrected chi connectivity index (χ2v) is 7.39. The van der Waals surface area contributed by atoms with Gasteiger partial charge in [-0.25, -0.2) is 0 Å². The third-order valence-corrected chi connectivity index (χ3v) is 3.82. The Labute approximate surface area is 126 Å². The van der Waals surface area contributed by atoms with Crippen LogP contribution in [-0.4, -0.2) is 26.6 Å². The standard InChI is InChI=1S/C15H22O5S/c1-12-7-9-13(10-8-12)21(17,18)19-11-5-6-14(16)20-15(2,3)4/h7-10H,5-6,11H2,1-4H3. The first-order valence-corrected chi connectivity index (χ1v) is 8.19. The minimum absolute atomic E-state index is 0.0462. The lowest BCUT2D eigenvalue weighted by Crippen LogP contribution is -2.24. The van der Waals surface area contributed by atoms with E-state index < -0.39 is 15.7 Å². The van der Waals surface area contributed by atoms with Gasteiger partial charge in [0.15, 0.2) is 0 Å². The van der Waals surface area contributed by atoms with Gasteiger partial charge in [-0.2, -0.15) is 8.42 Å². The van der Waals surface area contributed by atoms with Crippen molar-refractivity contribution in [2.45, 2.75) is 51.0 Å². The summed E-state index contributed by atoms with van der Waals surface area (Å²) in [5.74, 6) is -0.362. The van der Waals surface area contributed by atoms with Gasteiger partial charge in [0.2, 0.25) is 0 Å². The van der Waals surface area contributed by atoms with Crippen molar-refractivity contribution in [2.24, 2.45) is 0 Å². The summed E-state index contributed by atoms with van der Waals surface area (Å²) in [7, 11) is -3.76. The van der Waals surface area contributed by atoms with Crippen LogP contribution in [0.3, 0.4) is 0 Å². The molecule has 0 aliphatic heterocycles. The zero-order chi connectivity index (χ0) is 16.1. The van der Waals surface area contributed by atoms with Gasteiger partial charge in [0.1, 0.15) is 5.60 Å². The lowest BCUT2D eigenvalue weighted by atomic mass is 10.2. The van der Waals surface area contributed by atoms with Crippen LogP contribution in [0.5, 0.6) is 0 Å². The number of carbonyl (C=O) groups excluding carboxylic acids is 1. The Balaban J connectivity index is 2.41. The number of rotatable bonds is 6. The Bertz CT molecular complexity index is 567. The Kier molecular flexibility index (Phi) is 5.92. The number of benzene rings is 1. The zero-order valence-corrected chi connectivity index (χ0v) is 13.7. The van der Waals surface area contributed by atoms with Gasteiger partial charge in [0, 0.05) is 6.42 Å². The van der Waals surface area contributed by atoms with Gasteiger partial charge < -0.3 is 4.74 Å². The smallest absolute Gasteiger partial charge is 0.306 e. The summed E-state index contributed by atoms with van der Waals surface area (Å²) in [5.41, 5.74) is 0.435. The highest BCUT2D eigenvalue weighted by atomic mass is 32.2. The van der Waals surface area contributed by atoms with Gasteiger partial charge in [-0.3, -0.25) is 8.98 Å². The fraction of sp³-hybridized carbons (Fsp3) is 0.533. The summed E-state index contributed by atoms with van der Waals surface area (Å²) >= 11 is 0. The molecule has 0 fully saturated rings. The molecule has 0 heterocycles. The molecule has 0 aromatic heterocycles. The number of aryl methyl sites for hydroxylation is 1. The molecule has 21 heavy (non-hydrogen) atoms. The predicted molar refractivity (Wildman–Crippen MR) is 79.4 cm³/mol. The highest BCUT2D eigenvalue weighted by Gasteiger charge is 2.17. The molecule has 1 aromatic carbocycles. The SMILES string of the molecule is Cc1ccc(S(=O)(=O)OCCCC(=O)OC(C)(C)C)cc1. The van der Waals surface area contributed by atoms with Crippen molar-refractivity contribution in [3.8, 4) is 0 Å². The fourth-order valence-electron chi connectivity index (χ4n) is 1.55. The van der Waals surface area contributed by atoms with Crippen molar-refractivity contribution in [3.05, 3.63) is 29.8 Å². The number of hydrogen-bond acceptors (Lipinski definition) is 5. The lowest BCUT2D eigenvalue weighted by molar-refractivity contribution is -0.155. The van der Waals surface area contributed by atoms with Crippen LogP contribution in [0.25, 0.3) is 0 Å². The van der Waals surface area contributed by atoms with Gasteiger partial charge in [-0.15, -0.1) is 0 Å². The van der Waals surface area contributed by atoms with E-state index in [1.54, 1.807) is 32.9 Å². The van der Waals surface area contributed by atoms with Crippen molar-refractivity contribution >= 4 is 16.1 Å². The van der Waals surface area contributed by atoms with Crippen LogP contribution in [0, 0.1) is 6.92 Å². The Morgan fingerprint density at radius 2 is 1.71 bits per heavy atom. The van der Waals surface area contributed by atoms with Crippen LogP contribution >= 0.6 is 0 Å². The fourth-order valence-corrected chi connectivity index (χ4v) is 2.49. The summed E-state index contributed by atoms with van der Waals surface area (Å²) in [6, 6.07) is 6.41. The van der Waals surface area contributed by atoms with Crippen LogP contribution in [0.4, 0.5) is 0 Å². The highest BCUT2D eigenvalue weighted by Crippen LogP contribution is 2.14. The zero-order valence-electron chi connectivity index (χ0n) is 12.9. The minimum atomic E-state index is -3.76. The largest absolute Gasteiger partial charge is 0.460 e. The Morgan fingerprint density at radius 3 is 2.24 bits per heavy atom. The average molecular weight is 314 g/mol. The van der Waals surface area contributed by atoms with Crippen LogP contribution in [0.15, 0.2) is 29.2 Å². The van der Waals surface area contributed by atoms with Gasteiger partial charge in [-0.05, 0) is 46.2 Å². The molecule has 0 unspecified atom stereocenters. The quantitative estimate of drug-likeness (QED) is 0.459. The van der Waals surface area contributed by atoms with E-state index in [-0.39, 0.29) is 23.9 Å². The van der Waals surface area contributed by atoms with E-state index in [2.05, 4.69) is 0 Å². The Morgan fingerprint density at radius 1 is 1.14 bits per heavy atom. The maximum absolute atomic E-state index is 11.9. The normalized spacial score (nSPS) is 12.2. The lowest BCUT2D eigenvalue weighted by Gasteiger charge is -2.19. The molecular weight excluding hydrogens is 292 g/mol. The summed E-state index contributed by atoms with van der Waals surface area (Å²) in [5, 5.41) is 0. The third-order valence-electron chi connectivity index (χ3n) is 2.49. The summed E-state index contributed by atoms with van der Waals surface area (Å²) in [6.45, 7) is 7.17.